The lowest BCUT2D eigenvalue weighted by Crippen LogP contribution is -2.44. The summed E-state index contributed by atoms with van der Waals surface area (Å²) >= 11 is 0. The summed E-state index contributed by atoms with van der Waals surface area (Å²) < 4.78 is 31.0. The normalized spacial score (nSPS) is 20.0. The molecule has 1 unspecified atom stereocenters. The van der Waals surface area contributed by atoms with Gasteiger partial charge in [0.2, 0.25) is 10.0 Å². The van der Waals surface area contributed by atoms with E-state index in [1.54, 1.807) is 21.4 Å². The molecule has 1 aliphatic heterocycles. The van der Waals surface area contributed by atoms with Crippen LogP contribution in [-0.2, 0) is 23.1 Å². The lowest BCUT2D eigenvalue weighted by Gasteiger charge is -2.34. The van der Waals surface area contributed by atoms with Crippen molar-refractivity contribution in [2.24, 2.45) is 0 Å². The molecule has 0 aliphatic carbocycles. The van der Waals surface area contributed by atoms with Crippen LogP contribution >= 0.6 is 0 Å². The summed E-state index contributed by atoms with van der Waals surface area (Å²) in [6, 6.07) is 1.91. The number of nitrogens with zero attached hydrogens (tertiary/aromatic N) is 5. The molecule has 0 saturated carbocycles. The van der Waals surface area contributed by atoms with E-state index in [1.165, 1.54) is 6.20 Å². The number of hydrogen-bond acceptors (Lipinski definition) is 4. The first-order valence-corrected chi connectivity index (χ1v) is 9.57. The second kappa shape index (κ2) is 6.84. The Kier molecular flexibility index (Phi) is 4.82. The number of rotatable bonds is 6. The van der Waals surface area contributed by atoms with Gasteiger partial charge in [0.25, 0.3) is 0 Å². The van der Waals surface area contributed by atoms with E-state index in [9.17, 15) is 8.42 Å². The van der Waals surface area contributed by atoms with E-state index >= 15 is 0 Å². The Bertz CT molecular complexity index is 723. The van der Waals surface area contributed by atoms with Crippen LogP contribution in [0.5, 0.6) is 0 Å². The van der Waals surface area contributed by atoms with Crippen LogP contribution in [0.2, 0.25) is 0 Å². The summed E-state index contributed by atoms with van der Waals surface area (Å²) in [5, 5.41) is 8.30. The molecule has 1 fully saturated rings. The van der Waals surface area contributed by atoms with Crippen molar-refractivity contribution >= 4 is 10.0 Å². The van der Waals surface area contributed by atoms with Crippen molar-refractivity contribution < 1.29 is 8.42 Å². The zero-order chi connectivity index (χ0) is 16.3. The van der Waals surface area contributed by atoms with Crippen molar-refractivity contribution in [1.82, 2.24) is 23.9 Å². The van der Waals surface area contributed by atoms with Crippen molar-refractivity contribution in [2.75, 3.05) is 6.54 Å². The van der Waals surface area contributed by atoms with Gasteiger partial charge in [-0.25, -0.2) is 8.42 Å². The SMILES string of the molecule is CCn1cc(S(=O)(=O)N2CCCCC2CCn2cccn2)cn1. The largest absolute Gasteiger partial charge is 0.273 e. The zero-order valence-corrected chi connectivity index (χ0v) is 14.2. The molecule has 3 heterocycles. The quantitative estimate of drug-likeness (QED) is 0.805. The predicted octanol–water partition coefficient (Wildman–Crippen LogP) is 1.73. The number of sulfonamides is 1. The van der Waals surface area contributed by atoms with Crippen LogP contribution in [0.3, 0.4) is 0 Å². The molecule has 0 aromatic carbocycles. The van der Waals surface area contributed by atoms with Crippen molar-refractivity contribution in [2.45, 2.75) is 56.6 Å². The minimum absolute atomic E-state index is 0.0305. The maximum atomic E-state index is 12.9. The van der Waals surface area contributed by atoms with Gasteiger partial charge < -0.3 is 0 Å². The minimum Gasteiger partial charge on any atom is -0.273 e. The Morgan fingerprint density at radius 2 is 2.13 bits per heavy atom. The van der Waals surface area contributed by atoms with Crippen molar-refractivity contribution in [3.05, 3.63) is 30.9 Å². The molecule has 1 atom stereocenters. The van der Waals surface area contributed by atoms with E-state index in [1.807, 2.05) is 23.9 Å². The average Bonchev–Trinajstić information content (AvgIpc) is 3.24. The van der Waals surface area contributed by atoms with Crippen molar-refractivity contribution in [3.63, 3.8) is 0 Å². The number of piperidine rings is 1. The number of hydrogen-bond donors (Lipinski definition) is 0. The number of aromatic nitrogens is 4. The topological polar surface area (TPSA) is 73.0 Å². The second-order valence-electron chi connectivity index (χ2n) is 5.85. The molecule has 8 heteroatoms. The first kappa shape index (κ1) is 16.2. The summed E-state index contributed by atoms with van der Waals surface area (Å²) in [4.78, 5) is 0.297. The Hall–Kier alpha value is -1.67. The fourth-order valence-corrected chi connectivity index (χ4v) is 4.76. The van der Waals surface area contributed by atoms with Crippen molar-refractivity contribution in [1.29, 1.82) is 0 Å². The highest BCUT2D eigenvalue weighted by Gasteiger charge is 2.34. The Balaban J connectivity index is 1.76. The second-order valence-corrected chi connectivity index (χ2v) is 7.75. The van der Waals surface area contributed by atoms with Gasteiger partial charge in [0.15, 0.2) is 0 Å². The maximum absolute atomic E-state index is 12.9. The zero-order valence-electron chi connectivity index (χ0n) is 13.4. The van der Waals surface area contributed by atoms with Crippen LogP contribution in [0, 0.1) is 0 Å². The fraction of sp³-hybridized carbons (Fsp3) is 0.600. The summed E-state index contributed by atoms with van der Waals surface area (Å²) in [6.07, 6.45) is 10.4. The molecule has 126 valence electrons. The summed E-state index contributed by atoms with van der Waals surface area (Å²) in [5.74, 6) is 0. The van der Waals surface area contributed by atoms with Gasteiger partial charge in [-0.3, -0.25) is 9.36 Å². The van der Waals surface area contributed by atoms with Crippen LogP contribution in [0.4, 0.5) is 0 Å². The van der Waals surface area contributed by atoms with E-state index in [-0.39, 0.29) is 6.04 Å². The Labute approximate surface area is 137 Å². The molecule has 0 bridgehead atoms. The molecule has 3 rings (SSSR count). The van der Waals surface area contributed by atoms with Gasteiger partial charge in [0.05, 0.1) is 6.20 Å². The molecule has 7 nitrogen and oxygen atoms in total. The Morgan fingerprint density at radius 1 is 1.26 bits per heavy atom. The monoisotopic (exact) mass is 337 g/mol. The molecular formula is C15H23N5O2S. The molecule has 2 aromatic rings. The standard InChI is InChI=1S/C15H23N5O2S/c1-2-18-13-15(12-17-18)23(21,22)20-10-4-3-6-14(20)7-11-19-9-5-8-16-19/h5,8-9,12-14H,2-4,6-7,10-11H2,1H3. The summed E-state index contributed by atoms with van der Waals surface area (Å²) in [7, 11) is -3.47. The third kappa shape index (κ3) is 3.48. The van der Waals surface area contributed by atoms with Crippen LogP contribution < -0.4 is 0 Å². The first-order valence-electron chi connectivity index (χ1n) is 8.13. The molecule has 0 amide bonds. The van der Waals surface area contributed by atoms with Gasteiger partial charge >= 0.3 is 0 Å². The fourth-order valence-electron chi connectivity index (χ4n) is 3.08. The van der Waals surface area contributed by atoms with Crippen LogP contribution in [0.1, 0.15) is 32.6 Å². The van der Waals surface area contributed by atoms with E-state index < -0.39 is 10.0 Å². The van der Waals surface area contributed by atoms with E-state index in [0.29, 0.717) is 18.0 Å². The lowest BCUT2D eigenvalue weighted by molar-refractivity contribution is 0.231. The van der Waals surface area contributed by atoms with E-state index in [2.05, 4.69) is 10.2 Å². The maximum Gasteiger partial charge on any atom is 0.246 e. The van der Waals surface area contributed by atoms with Gasteiger partial charge in [-0.05, 0) is 32.3 Å². The molecule has 23 heavy (non-hydrogen) atoms. The van der Waals surface area contributed by atoms with Gasteiger partial charge in [-0.15, -0.1) is 0 Å². The third-order valence-corrected chi connectivity index (χ3v) is 6.27. The highest BCUT2D eigenvalue weighted by molar-refractivity contribution is 7.89. The van der Waals surface area contributed by atoms with E-state index in [4.69, 9.17) is 0 Å². The third-order valence-electron chi connectivity index (χ3n) is 4.36. The summed E-state index contributed by atoms with van der Waals surface area (Å²) in [6.45, 7) is 3.93. The van der Waals surface area contributed by atoms with Crippen molar-refractivity contribution in [3.8, 4) is 0 Å². The molecule has 1 saturated heterocycles. The average molecular weight is 337 g/mol. The summed E-state index contributed by atoms with van der Waals surface area (Å²) in [5.41, 5.74) is 0. The lowest BCUT2D eigenvalue weighted by atomic mass is 10.0. The van der Waals surface area contributed by atoms with Crippen LogP contribution in [-0.4, -0.2) is 44.9 Å². The van der Waals surface area contributed by atoms with Crippen LogP contribution in [0.25, 0.3) is 0 Å². The predicted molar refractivity (Wildman–Crippen MR) is 86.3 cm³/mol. The van der Waals surface area contributed by atoms with Gasteiger partial charge in [0, 0.05) is 44.3 Å². The van der Waals surface area contributed by atoms with Gasteiger partial charge in [-0.2, -0.15) is 14.5 Å². The minimum atomic E-state index is -3.47. The Morgan fingerprint density at radius 3 is 2.83 bits per heavy atom. The molecular weight excluding hydrogens is 314 g/mol. The molecule has 1 aliphatic rings. The highest BCUT2D eigenvalue weighted by atomic mass is 32.2. The number of aryl methyl sites for hydroxylation is 2. The molecule has 2 aromatic heterocycles. The van der Waals surface area contributed by atoms with Gasteiger partial charge in [0.1, 0.15) is 4.90 Å². The van der Waals surface area contributed by atoms with E-state index in [0.717, 1.165) is 32.2 Å². The molecule has 0 spiro atoms. The molecule has 0 radical (unpaired) electrons. The van der Waals surface area contributed by atoms with Gasteiger partial charge in [-0.1, -0.05) is 6.42 Å². The first-order chi connectivity index (χ1) is 11.1. The molecule has 0 N–H and O–H groups in total. The van der Waals surface area contributed by atoms with Crippen LogP contribution in [0.15, 0.2) is 35.7 Å². The smallest absolute Gasteiger partial charge is 0.246 e. The highest BCUT2D eigenvalue weighted by Crippen LogP contribution is 2.27.